The Morgan fingerprint density at radius 3 is 2.88 bits per heavy atom. The van der Waals surface area contributed by atoms with Crippen molar-refractivity contribution in [3.05, 3.63) is 0 Å². The van der Waals surface area contributed by atoms with E-state index < -0.39 is 0 Å². The summed E-state index contributed by atoms with van der Waals surface area (Å²) in [4.78, 5) is 2.70. The minimum absolute atomic E-state index is 0.392. The second kappa shape index (κ2) is 5.28. The van der Waals surface area contributed by atoms with Gasteiger partial charge in [-0.1, -0.05) is 0 Å². The molecule has 0 aromatic carbocycles. The van der Waals surface area contributed by atoms with Crippen LogP contribution in [-0.4, -0.2) is 48.1 Å². The molecule has 1 saturated heterocycles. The highest BCUT2D eigenvalue weighted by Gasteiger charge is 2.43. The van der Waals surface area contributed by atoms with Crippen LogP contribution in [0.5, 0.6) is 0 Å². The van der Waals surface area contributed by atoms with Gasteiger partial charge in [-0.2, -0.15) is 11.8 Å². The maximum Gasteiger partial charge on any atom is 0.0308 e. The summed E-state index contributed by atoms with van der Waals surface area (Å²) in [6.07, 6.45) is 6.40. The summed E-state index contributed by atoms with van der Waals surface area (Å²) in [6.45, 7) is 8.55. The minimum Gasteiger partial charge on any atom is -0.310 e. The van der Waals surface area contributed by atoms with Crippen molar-refractivity contribution in [3.63, 3.8) is 0 Å². The molecule has 0 bridgehead atoms. The predicted molar refractivity (Wildman–Crippen MR) is 73.2 cm³/mol. The normalized spacial score (nSPS) is 34.7. The summed E-state index contributed by atoms with van der Waals surface area (Å²) in [5, 5.41) is 3.80. The molecule has 2 aliphatic rings. The highest BCUT2D eigenvalue weighted by Crippen LogP contribution is 2.40. The Morgan fingerprint density at radius 1 is 1.50 bits per heavy atom. The summed E-state index contributed by atoms with van der Waals surface area (Å²) >= 11 is 1.97. The number of hydrogen-bond donors (Lipinski definition) is 1. The molecule has 1 aliphatic carbocycles. The Morgan fingerprint density at radius 2 is 2.25 bits per heavy atom. The molecule has 1 heterocycles. The van der Waals surface area contributed by atoms with Crippen molar-refractivity contribution in [1.29, 1.82) is 0 Å². The first-order valence-electron chi connectivity index (χ1n) is 6.64. The van der Waals surface area contributed by atoms with Crippen LogP contribution in [0.1, 0.15) is 33.1 Å². The van der Waals surface area contributed by atoms with E-state index in [1.807, 2.05) is 11.8 Å². The first-order chi connectivity index (χ1) is 7.65. The standard InChI is InChI=1S/C13H26N2S/c1-11(9-16-3)15-8-4-7-14-13(2,10-15)12-5-6-12/h11-12,14H,4-10H2,1-3H3. The van der Waals surface area contributed by atoms with E-state index in [2.05, 4.69) is 30.3 Å². The van der Waals surface area contributed by atoms with Gasteiger partial charge in [-0.25, -0.2) is 0 Å². The summed E-state index contributed by atoms with van der Waals surface area (Å²) in [6, 6.07) is 0.730. The minimum atomic E-state index is 0.392. The van der Waals surface area contributed by atoms with Crippen molar-refractivity contribution in [2.75, 3.05) is 31.6 Å². The largest absolute Gasteiger partial charge is 0.310 e. The fourth-order valence-corrected chi connectivity index (χ4v) is 3.62. The van der Waals surface area contributed by atoms with Crippen LogP contribution >= 0.6 is 11.8 Å². The molecule has 2 nitrogen and oxygen atoms in total. The third kappa shape index (κ3) is 2.93. The van der Waals surface area contributed by atoms with Crippen LogP contribution in [0.3, 0.4) is 0 Å². The zero-order valence-corrected chi connectivity index (χ0v) is 11.8. The Balaban J connectivity index is 1.97. The van der Waals surface area contributed by atoms with Gasteiger partial charge >= 0.3 is 0 Å². The lowest BCUT2D eigenvalue weighted by molar-refractivity contribution is 0.170. The summed E-state index contributed by atoms with van der Waals surface area (Å²) in [7, 11) is 0. The molecule has 1 saturated carbocycles. The quantitative estimate of drug-likeness (QED) is 0.814. The average Bonchev–Trinajstić information content (AvgIpc) is 3.03. The fourth-order valence-electron chi connectivity index (χ4n) is 2.93. The van der Waals surface area contributed by atoms with Gasteiger partial charge in [-0.05, 0) is 58.4 Å². The molecule has 2 atom stereocenters. The SMILES string of the molecule is CSCC(C)N1CCCNC(C)(C2CC2)C1. The maximum atomic E-state index is 3.80. The molecule has 0 aromatic heterocycles. The van der Waals surface area contributed by atoms with Crippen molar-refractivity contribution in [2.24, 2.45) is 5.92 Å². The van der Waals surface area contributed by atoms with Gasteiger partial charge in [0, 0.05) is 23.9 Å². The van der Waals surface area contributed by atoms with Gasteiger partial charge in [0.25, 0.3) is 0 Å². The van der Waals surface area contributed by atoms with Crippen molar-refractivity contribution >= 4 is 11.8 Å². The number of nitrogens with zero attached hydrogens (tertiary/aromatic N) is 1. The molecular formula is C13H26N2S. The van der Waals surface area contributed by atoms with Crippen molar-refractivity contribution in [3.8, 4) is 0 Å². The maximum absolute atomic E-state index is 3.80. The Hall–Kier alpha value is 0.270. The molecule has 0 aromatic rings. The van der Waals surface area contributed by atoms with Gasteiger partial charge in [0.15, 0.2) is 0 Å². The molecule has 94 valence electrons. The second-order valence-electron chi connectivity index (χ2n) is 5.75. The molecule has 2 unspecified atom stereocenters. The van der Waals surface area contributed by atoms with Gasteiger partial charge < -0.3 is 5.32 Å². The van der Waals surface area contributed by atoms with Crippen LogP contribution in [0, 0.1) is 5.92 Å². The molecule has 0 radical (unpaired) electrons. The van der Waals surface area contributed by atoms with E-state index >= 15 is 0 Å². The molecule has 1 aliphatic heterocycles. The third-order valence-electron chi connectivity index (χ3n) is 4.19. The number of thioether (sulfide) groups is 1. The Labute approximate surface area is 105 Å². The zero-order valence-electron chi connectivity index (χ0n) is 11.0. The van der Waals surface area contributed by atoms with E-state index in [-0.39, 0.29) is 0 Å². The summed E-state index contributed by atoms with van der Waals surface area (Å²) in [5.41, 5.74) is 0.392. The molecule has 0 amide bonds. The first kappa shape index (κ1) is 12.7. The lowest BCUT2D eigenvalue weighted by atomic mass is 9.95. The molecule has 3 heteroatoms. The van der Waals surface area contributed by atoms with Crippen molar-refractivity contribution in [1.82, 2.24) is 10.2 Å². The lowest BCUT2D eigenvalue weighted by Crippen LogP contribution is -2.52. The van der Waals surface area contributed by atoms with Gasteiger partial charge in [-0.15, -0.1) is 0 Å². The van der Waals surface area contributed by atoms with Crippen molar-refractivity contribution < 1.29 is 0 Å². The molecule has 2 rings (SSSR count). The molecular weight excluding hydrogens is 216 g/mol. The summed E-state index contributed by atoms with van der Waals surface area (Å²) < 4.78 is 0. The predicted octanol–water partition coefficient (Wildman–Crippen LogP) is 2.20. The average molecular weight is 242 g/mol. The number of rotatable bonds is 4. The molecule has 16 heavy (non-hydrogen) atoms. The highest BCUT2D eigenvalue weighted by molar-refractivity contribution is 7.98. The molecule has 0 spiro atoms. The van der Waals surface area contributed by atoms with Crippen LogP contribution in [-0.2, 0) is 0 Å². The topological polar surface area (TPSA) is 15.3 Å². The Bertz CT molecular complexity index is 230. The zero-order chi connectivity index (χ0) is 11.6. The third-order valence-corrected chi connectivity index (χ3v) is 5.01. The van der Waals surface area contributed by atoms with E-state index in [9.17, 15) is 0 Å². The molecule has 1 N–H and O–H groups in total. The summed E-state index contributed by atoms with van der Waals surface area (Å²) in [5.74, 6) is 2.20. The number of nitrogens with one attached hydrogen (secondary N) is 1. The highest BCUT2D eigenvalue weighted by atomic mass is 32.2. The monoisotopic (exact) mass is 242 g/mol. The number of hydrogen-bond acceptors (Lipinski definition) is 3. The van der Waals surface area contributed by atoms with Gasteiger partial charge in [0.2, 0.25) is 0 Å². The van der Waals surface area contributed by atoms with Gasteiger partial charge in [0.1, 0.15) is 0 Å². The second-order valence-corrected chi connectivity index (χ2v) is 6.66. The molecule has 2 fully saturated rings. The first-order valence-corrected chi connectivity index (χ1v) is 8.03. The van der Waals surface area contributed by atoms with E-state index in [4.69, 9.17) is 0 Å². The Kier molecular flexibility index (Phi) is 4.20. The van der Waals surface area contributed by atoms with E-state index in [1.54, 1.807) is 0 Å². The lowest BCUT2D eigenvalue weighted by Gasteiger charge is -2.36. The van der Waals surface area contributed by atoms with Crippen LogP contribution in [0.2, 0.25) is 0 Å². The van der Waals surface area contributed by atoms with Gasteiger partial charge in [0.05, 0.1) is 0 Å². The van der Waals surface area contributed by atoms with E-state index in [0.717, 1.165) is 12.0 Å². The van der Waals surface area contributed by atoms with Crippen LogP contribution < -0.4 is 5.32 Å². The van der Waals surface area contributed by atoms with Crippen molar-refractivity contribution in [2.45, 2.75) is 44.7 Å². The van der Waals surface area contributed by atoms with Crippen LogP contribution in [0.15, 0.2) is 0 Å². The van der Waals surface area contributed by atoms with E-state index in [0.29, 0.717) is 5.54 Å². The fraction of sp³-hybridized carbons (Fsp3) is 1.00. The van der Waals surface area contributed by atoms with E-state index in [1.165, 1.54) is 44.6 Å². The van der Waals surface area contributed by atoms with Gasteiger partial charge in [-0.3, -0.25) is 4.90 Å². The van der Waals surface area contributed by atoms with Crippen LogP contribution in [0.4, 0.5) is 0 Å². The smallest absolute Gasteiger partial charge is 0.0308 e. The van der Waals surface area contributed by atoms with Crippen LogP contribution in [0.25, 0.3) is 0 Å².